The maximum absolute atomic E-state index is 11.8. The smallest absolute Gasteiger partial charge is 0.220 e. The number of aryl methyl sites for hydroxylation is 1. The van der Waals surface area contributed by atoms with Gasteiger partial charge in [-0.3, -0.25) is 4.79 Å². The van der Waals surface area contributed by atoms with E-state index in [1.807, 2.05) is 31.2 Å². The topological polar surface area (TPSA) is 58.6 Å². The third-order valence-corrected chi connectivity index (χ3v) is 4.84. The molecule has 4 nitrogen and oxygen atoms in total. The lowest BCUT2D eigenvalue weighted by Gasteiger charge is -2.27. The fourth-order valence-corrected chi connectivity index (χ4v) is 3.34. The van der Waals surface area contributed by atoms with Gasteiger partial charge < -0.3 is 15.2 Å². The van der Waals surface area contributed by atoms with Gasteiger partial charge in [-0.2, -0.15) is 0 Å². The molecule has 1 aliphatic rings. The summed E-state index contributed by atoms with van der Waals surface area (Å²) in [4.78, 5) is 11.8. The molecule has 2 rings (SSSR count). The first kappa shape index (κ1) is 18.8. The Morgan fingerprint density at radius 3 is 2.83 bits per heavy atom. The van der Waals surface area contributed by atoms with Gasteiger partial charge in [0.1, 0.15) is 5.75 Å². The van der Waals surface area contributed by atoms with Crippen LogP contribution in [0, 0.1) is 12.8 Å². The summed E-state index contributed by atoms with van der Waals surface area (Å²) >= 11 is 0. The number of aliphatic hydroxyl groups excluding tert-OH is 1. The highest BCUT2D eigenvalue weighted by Gasteiger charge is 2.22. The monoisotopic (exact) mass is 333 g/mol. The molecule has 134 valence electrons. The number of carbonyl (C=O) groups excluding carboxylic acids is 1. The van der Waals surface area contributed by atoms with Crippen molar-refractivity contribution >= 4 is 5.91 Å². The summed E-state index contributed by atoms with van der Waals surface area (Å²) < 4.78 is 5.70. The molecule has 1 aromatic carbocycles. The molecule has 0 spiro atoms. The van der Waals surface area contributed by atoms with Crippen LogP contribution in [-0.4, -0.2) is 30.3 Å². The van der Waals surface area contributed by atoms with E-state index in [9.17, 15) is 9.90 Å². The molecule has 1 amide bonds. The van der Waals surface area contributed by atoms with Crippen molar-refractivity contribution in [3.63, 3.8) is 0 Å². The van der Waals surface area contributed by atoms with Gasteiger partial charge in [0.25, 0.3) is 0 Å². The van der Waals surface area contributed by atoms with Crippen molar-refractivity contribution in [3.05, 3.63) is 29.8 Å². The Balaban J connectivity index is 1.50. The average Bonchev–Trinajstić information content (AvgIpc) is 2.58. The molecule has 1 aliphatic carbocycles. The van der Waals surface area contributed by atoms with Crippen molar-refractivity contribution in [3.8, 4) is 5.75 Å². The summed E-state index contributed by atoms with van der Waals surface area (Å²) in [5.74, 6) is 1.41. The minimum atomic E-state index is -0.131. The molecule has 24 heavy (non-hydrogen) atoms. The molecule has 1 fully saturated rings. The van der Waals surface area contributed by atoms with Crippen LogP contribution >= 0.6 is 0 Å². The van der Waals surface area contributed by atoms with Crippen molar-refractivity contribution in [1.82, 2.24) is 5.32 Å². The average molecular weight is 333 g/mol. The maximum atomic E-state index is 11.8. The molecule has 2 N–H and O–H groups in total. The minimum Gasteiger partial charge on any atom is -0.493 e. The number of hydrogen-bond acceptors (Lipinski definition) is 3. The van der Waals surface area contributed by atoms with Gasteiger partial charge in [-0.05, 0) is 56.6 Å². The first-order chi connectivity index (χ1) is 11.7. The SMILES string of the molecule is Cc1ccccc1OCCCC(=O)NCCC[C@H]1CCCC[C@@H]1O. The lowest BCUT2D eigenvalue weighted by atomic mass is 9.83. The van der Waals surface area contributed by atoms with Gasteiger partial charge >= 0.3 is 0 Å². The van der Waals surface area contributed by atoms with E-state index in [0.717, 1.165) is 49.8 Å². The van der Waals surface area contributed by atoms with Gasteiger partial charge in [0, 0.05) is 13.0 Å². The van der Waals surface area contributed by atoms with Crippen LogP contribution in [0.2, 0.25) is 0 Å². The van der Waals surface area contributed by atoms with Crippen LogP contribution in [-0.2, 0) is 4.79 Å². The lowest BCUT2D eigenvalue weighted by molar-refractivity contribution is -0.121. The van der Waals surface area contributed by atoms with E-state index in [2.05, 4.69) is 5.32 Å². The van der Waals surface area contributed by atoms with Gasteiger partial charge in [0.2, 0.25) is 5.91 Å². The molecule has 2 atom stereocenters. The molecule has 0 bridgehead atoms. The Labute approximate surface area is 145 Å². The molecule has 1 aromatic rings. The minimum absolute atomic E-state index is 0.0903. The predicted octanol–water partition coefficient (Wildman–Crippen LogP) is 3.60. The van der Waals surface area contributed by atoms with Crippen LogP contribution in [0.25, 0.3) is 0 Å². The standard InChI is InChI=1S/C20H31NO3/c1-16-8-2-5-12-19(16)24-15-7-13-20(23)21-14-6-10-17-9-3-4-11-18(17)22/h2,5,8,12,17-18,22H,3-4,6-7,9-11,13-15H2,1H3,(H,21,23)/t17-,18+/m1/s1. The third kappa shape index (κ3) is 6.52. The van der Waals surface area contributed by atoms with Gasteiger partial charge in [0.15, 0.2) is 0 Å². The molecule has 0 radical (unpaired) electrons. The maximum Gasteiger partial charge on any atom is 0.220 e. The lowest BCUT2D eigenvalue weighted by Crippen LogP contribution is -2.28. The van der Waals surface area contributed by atoms with Crippen LogP contribution in [0.5, 0.6) is 5.75 Å². The zero-order valence-corrected chi connectivity index (χ0v) is 14.8. The first-order valence-corrected chi connectivity index (χ1v) is 9.30. The molecule has 4 heteroatoms. The Morgan fingerprint density at radius 2 is 2.04 bits per heavy atom. The van der Waals surface area contributed by atoms with Crippen LogP contribution in [0.1, 0.15) is 56.9 Å². The van der Waals surface area contributed by atoms with Gasteiger partial charge in [0.05, 0.1) is 12.7 Å². The Hall–Kier alpha value is -1.55. The number of hydrogen-bond donors (Lipinski definition) is 2. The summed E-state index contributed by atoms with van der Waals surface area (Å²) in [5.41, 5.74) is 1.12. The second-order valence-corrected chi connectivity index (χ2v) is 6.82. The van der Waals surface area contributed by atoms with Gasteiger partial charge in [-0.25, -0.2) is 0 Å². The number of aliphatic hydroxyl groups is 1. The van der Waals surface area contributed by atoms with Crippen molar-refractivity contribution in [2.45, 2.75) is 64.4 Å². The molecule has 0 saturated heterocycles. The van der Waals surface area contributed by atoms with Crippen molar-refractivity contribution in [2.75, 3.05) is 13.2 Å². The van der Waals surface area contributed by atoms with Crippen LogP contribution in [0.3, 0.4) is 0 Å². The summed E-state index contributed by atoms with van der Waals surface area (Å²) in [6.07, 6.45) is 7.51. The van der Waals surface area contributed by atoms with Crippen molar-refractivity contribution < 1.29 is 14.6 Å². The van der Waals surface area contributed by atoms with E-state index in [1.54, 1.807) is 0 Å². The molecular formula is C20H31NO3. The zero-order chi connectivity index (χ0) is 17.2. The molecular weight excluding hydrogens is 302 g/mol. The van der Waals surface area contributed by atoms with E-state index in [0.29, 0.717) is 25.5 Å². The number of para-hydroxylation sites is 1. The van der Waals surface area contributed by atoms with Gasteiger partial charge in [-0.15, -0.1) is 0 Å². The first-order valence-electron chi connectivity index (χ1n) is 9.30. The Kier molecular flexibility index (Phi) is 8.10. The van der Waals surface area contributed by atoms with E-state index >= 15 is 0 Å². The molecule has 0 aliphatic heterocycles. The Morgan fingerprint density at radius 1 is 1.25 bits per heavy atom. The van der Waals surface area contributed by atoms with Crippen molar-refractivity contribution in [1.29, 1.82) is 0 Å². The normalized spacial score (nSPS) is 20.6. The number of carbonyl (C=O) groups is 1. The number of amides is 1. The van der Waals surface area contributed by atoms with Crippen LogP contribution < -0.4 is 10.1 Å². The van der Waals surface area contributed by atoms with E-state index < -0.39 is 0 Å². The number of benzene rings is 1. The summed E-state index contributed by atoms with van der Waals surface area (Å²) in [5, 5.41) is 12.9. The van der Waals surface area contributed by atoms with Crippen molar-refractivity contribution in [2.24, 2.45) is 5.92 Å². The van der Waals surface area contributed by atoms with Crippen LogP contribution in [0.15, 0.2) is 24.3 Å². The zero-order valence-electron chi connectivity index (χ0n) is 14.8. The fraction of sp³-hybridized carbons (Fsp3) is 0.650. The predicted molar refractivity (Wildman–Crippen MR) is 96.1 cm³/mol. The molecule has 0 heterocycles. The summed E-state index contributed by atoms with van der Waals surface area (Å²) in [6.45, 7) is 3.29. The fourth-order valence-electron chi connectivity index (χ4n) is 3.34. The number of ether oxygens (including phenoxy) is 1. The molecule has 1 saturated carbocycles. The highest BCUT2D eigenvalue weighted by molar-refractivity contribution is 5.75. The van der Waals surface area contributed by atoms with Gasteiger partial charge in [-0.1, -0.05) is 31.0 Å². The molecule has 0 unspecified atom stereocenters. The number of rotatable bonds is 9. The summed E-state index contributed by atoms with van der Waals surface area (Å²) in [6, 6.07) is 7.92. The second-order valence-electron chi connectivity index (χ2n) is 6.82. The largest absolute Gasteiger partial charge is 0.493 e. The molecule has 0 aromatic heterocycles. The van der Waals surface area contributed by atoms with Crippen LogP contribution in [0.4, 0.5) is 0 Å². The van der Waals surface area contributed by atoms with E-state index in [4.69, 9.17) is 4.74 Å². The highest BCUT2D eigenvalue weighted by atomic mass is 16.5. The summed E-state index contributed by atoms with van der Waals surface area (Å²) in [7, 11) is 0. The van der Waals surface area contributed by atoms with E-state index in [1.165, 1.54) is 6.42 Å². The number of nitrogens with one attached hydrogen (secondary N) is 1. The third-order valence-electron chi connectivity index (χ3n) is 4.84. The van der Waals surface area contributed by atoms with E-state index in [-0.39, 0.29) is 12.0 Å². The second kappa shape index (κ2) is 10.3. The quantitative estimate of drug-likeness (QED) is 0.679. The Bertz CT molecular complexity index is 503. The highest BCUT2D eigenvalue weighted by Crippen LogP contribution is 2.27.